The first-order chi connectivity index (χ1) is 9.43. The fourth-order valence-electron chi connectivity index (χ4n) is 2.71. The Morgan fingerprint density at radius 1 is 1.32 bits per heavy atom. The van der Waals surface area contributed by atoms with Crippen LogP contribution in [0, 0.1) is 0 Å². The highest BCUT2D eigenvalue weighted by molar-refractivity contribution is 5.76. The summed E-state index contributed by atoms with van der Waals surface area (Å²) in [4.78, 5) is 9.17. The molecule has 3 aromatic rings. The fourth-order valence-corrected chi connectivity index (χ4v) is 2.71. The number of fused-ring (bicyclic) bond motifs is 1. The molecule has 1 N–H and O–H groups in total. The summed E-state index contributed by atoms with van der Waals surface area (Å²) in [5.41, 5.74) is 1.85. The number of nitrogens with one attached hydrogen (secondary N) is 1. The van der Waals surface area contributed by atoms with Crippen LogP contribution in [0.5, 0.6) is 0 Å². The molecule has 0 saturated carbocycles. The summed E-state index contributed by atoms with van der Waals surface area (Å²) in [6.45, 7) is 1.99. The Labute approximate surface area is 110 Å². The smallest absolute Gasteiger partial charge is 0.178 e. The minimum atomic E-state index is 0.389. The lowest BCUT2D eigenvalue weighted by atomic mass is 10.2. The van der Waals surface area contributed by atoms with Crippen molar-refractivity contribution in [2.45, 2.75) is 12.5 Å². The lowest BCUT2D eigenvalue weighted by Crippen LogP contribution is -2.14. The number of furan rings is 1. The predicted molar refractivity (Wildman–Crippen MR) is 71.8 cm³/mol. The lowest BCUT2D eigenvalue weighted by molar-refractivity contribution is 0.535. The van der Waals surface area contributed by atoms with Crippen LogP contribution >= 0.6 is 0 Å². The maximum atomic E-state index is 5.52. The average Bonchev–Trinajstić information content (AvgIpc) is 3.17. The van der Waals surface area contributed by atoms with E-state index in [0.29, 0.717) is 6.04 Å². The second-order valence-corrected chi connectivity index (χ2v) is 4.78. The van der Waals surface area contributed by atoms with Gasteiger partial charge in [0.15, 0.2) is 17.2 Å². The van der Waals surface area contributed by atoms with E-state index in [9.17, 15) is 0 Å². The molecular weight excluding hydrogens is 240 g/mol. The highest BCUT2D eigenvalue weighted by atomic mass is 16.3. The highest BCUT2D eigenvalue weighted by Crippen LogP contribution is 2.29. The molecule has 1 atom stereocenters. The van der Waals surface area contributed by atoms with E-state index < -0.39 is 0 Å². The van der Waals surface area contributed by atoms with Crippen LogP contribution in [0.4, 0.5) is 0 Å². The van der Waals surface area contributed by atoms with E-state index in [0.717, 1.165) is 42.3 Å². The molecule has 0 aromatic carbocycles. The van der Waals surface area contributed by atoms with E-state index in [2.05, 4.69) is 19.9 Å². The van der Waals surface area contributed by atoms with Gasteiger partial charge in [0, 0.05) is 12.7 Å². The van der Waals surface area contributed by atoms with Crippen LogP contribution in [0.1, 0.15) is 12.5 Å². The molecule has 0 spiro atoms. The topological polar surface area (TPSA) is 55.9 Å². The first-order valence-electron chi connectivity index (χ1n) is 6.51. The molecule has 1 aliphatic rings. The average molecular weight is 254 g/mol. The summed E-state index contributed by atoms with van der Waals surface area (Å²) < 4.78 is 7.72. The van der Waals surface area contributed by atoms with Crippen LogP contribution in [0.3, 0.4) is 0 Å². The number of nitrogens with zero attached hydrogens (tertiary/aromatic N) is 3. The molecule has 1 fully saturated rings. The molecule has 5 heteroatoms. The molecule has 5 nitrogen and oxygen atoms in total. The number of hydrogen-bond donors (Lipinski definition) is 1. The number of hydrogen-bond acceptors (Lipinski definition) is 4. The van der Waals surface area contributed by atoms with Crippen LogP contribution < -0.4 is 5.32 Å². The zero-order chi connectivity index (χ0) is 12.7. The van der Waals surface area contributed by atoms with Gasteiger partial charge in [-0.3, -0.25) is 0 Å². The maximum Gasteiger partial charge on any atom is 0.178 e. The summed E-state index contributed by atoms with van der Waals surface area (Å²) >= 11 is 0. The summed E-state index contributed by atoms with van der Waals surface area (Å²) in [5.74, 6) is 1.66. The molecule has 96 valence electrons. The van der Waals surface area contributed by atoms with Crippen molar-refractivity contribution in [3.63, 3.8) is 0 Å². The highest BCUT2D eigenvalue weighted by Gasteiger charge is 2.24. The normalized spacial score (nSPS) is 19.3. The lowest BCUT2D eigenvalue weighted by Gasteiger charge is -2.13. The zero-order valence-corrected chi connectivity index (χ0v) is 10.4. The fraction of sp³-hybridized carbons (Fsp3) is 0.286. The van der Waals surface area contributed by atoms with E-state index in [-0.39, 0.29) is 0 Å². The quantitative estimate of drug-likeness (QED) is 0.762. The van der Waals surface area contributed by atoms with Crippen molar-refractivity contribution in [1.82, 2.24) is 19.9 Å². The third-order valence-electron chi connectivity index (χ3n) is 3.59. The Morgan fingerprint density at radius 2 is 2.32 bits per heavy atom. The van der Waals surface area contributed by atoms with Gasteiger partial charge >= 0.3 is 0 Å². The molecule has 3 aromatic heterocycles. The van der Waals surface area contributed by atoms with Gasteiger partial charge in [0.2, 0.25) is 0 Å². The van der Waals surface area contributed by atoms with E-state index in [1.807, 2.05) is 30.5 Å². The van der Waals surface area contributed by atoms with Crippen LogP contribution in [-0.2, 0) is 0 Å². The van der Waals surface area contributed by atoms with E-state index >= 15 is 0 Å². The van der Waals surface area contributed by atoms with Crippen molar-refractivity contribution in [2.75, 3.05) is 13.1 Å². The van der Waals surface area contributed by atoms with E-state index in [1.54, 1.807) is 6.26 Å². The van der Waals surface area contributed by atoms with E-state index in [4.69, 9.17) is 4.42 Å². The molecular formula is C14H14N4O. The Morgan fingerprint density at radius 3 is 3.11 bits per heavy atom. The van der Waals surface area contributed by atoms with Gasteiger partial charge in [-0.15, -0.1) is 0 Å². The van der Waals surface area contributed by atoms with Crippen LogP contribution in [0.15, 0.2) is 41.1 Å². The molecule has 19 heavy (non-hydrogen) atoms. The third-order valence-corrected chi connectivity index (χ3v) is 3.59. The van der Waals surface area contributed by atoms with Crippen molar-refractivity contribution in [3.8, 4) is 11.6 Å². The van der Waals surface area contributed by atoms with Gasteiger partial charge < -0.3 is 14.3 Å². The van der Waals surface area contributed by atoms with Crippen molar-refractivity contribution in [2.24, 2.45) is 0 Å². The van der Waals surface area contributed by atoms with Gasteiger partial charge in [0.1, 0.15) is 5.52 Å². The molecule has 4 heterocycles. The second kappa shape index (κ2) is 4.20. The SMILES string of the molecule is c1coc(-c2nc3cccnc3n2C2CCNC2)c1. The minimum absolute atomic E-state index is 0.389. The minimum Gasteiger partial charge on any atom is -0.461 e. The van der Waals surface area contributed by atoms with Crippen molar-refractivity contribution < 1.29 is 4.42 Å². The van der Waals surface area contributed by atoms with Gasteiger partial charge in [-0.1, -0.05) is 0 Å². The Bertz CT molecular complexity index is 695. The molecule has 0 amide bonds. The molecule has 1 unspecified atom stereocenters. The van der Waals surface area contributed by atoms with Gasteiger partial charge in [-0.25, -0.2) is 9.97 Å². The largest absolute Gasteiger partial charge is 0.461 e. The summed E-state index contributed by atoms with van der Waals surface area (Å²) in [6.07, 6.45) is 4.59. The predicted octanol–water partition coefficient (Wildman–Crippen LogP) is 2.23. The first kappa shape index (κ1) is 10.8. The second-order valence-electron chi connectivity index (χ2n) is 4.78. The molecule has 4 rings (SSSR count). The van der Waals surface area contributed by atoms with E-state index in [1.165, 1.54) is 0 Å². The van der Waals surface area contributed by atoms with Crippen LogP contribution in [-0.4, -0.2) is 27.6 Å². The molecule has 1 saturated heterocycles. The van der Waals surface area contributed by atoms with Crippen LogP contribution in [0.2, 0.25) is 0 Å². The van der Waals surface area contributed by atoms with Crippen molar-refractivity contribution >= 4 is 11.2 Å². The van der Waals surface area contributed by atoms with Crippen molar-refractivity contribution in [3.05, 3.63) is 36.7 Å². The van der Waals surface area contributed by atoms with Gasteiger partial charge in [0.05, 0.1) is 12.3 Å². The number of imidazole rings is 1. The number of aromatic nitrogens is 3. The Balaban J connectivity index is 1.98. The molecule has 0 bridgehead atoms. The van der Waals surface area contributed by atoms with Crippen LogP contribution in [0.25, 0.3) is 22.7 Å². The number of rotatable bonds is 2. The zero-order valence-electron chi connectivity index (χ0n) is 10.4. The summed E-state index contributed by atoms with van der Waals surface area (Å²) in [5, 5.41) is 3.39. The summed E-state index contributed by atoms with van der Waals surface area (Å²) in [6, 6.07) is 8.13. The summed E-state index contributed by atoms with van der Waals surface area (Å²) in [7, 11) is 0. The molecule has 1 aliphatic heterocycles. The molecule has 0 radical (unpaired) electrons. The Kier molecular flexibility index (Phi) is 2.38. The monoisotopic (exact) mass is 254 g/mol. The van der Waals surface area contributed by atoms with Gasteiger partial charge in [-0.2, -0.15) is 0 Å². The number of pyridine rings is 1. The standard InChI is InChI=1S/C14H14N4O/c1-3-11-13(16-6-1)18(10-5-7-15-9-10)14(17-11)12-4-2-8-19-12/h1-4,6,8,10,15H,5,7,9H2. The van der Waals surface area contributed by atoms with Gasteiger partial charge in [0.25, 0.3) is 0 Å². The third kappa shape index (κ3) is 1.66. The van der Waals surface area contributed by atoms with Gasteiger partial charge in [-0.05, 0) is 37.2 Å². The molecule has 0 aliphatic carbocycles. The Hall–Kier alpha value is -2.14. The maximum absolute atomic E-state index is 5.52. The first-order valence-corrected chi connectivity index (χ1v) is 6.51. The van der Waals surface area contributed by atoms with Crippen molar-refractivity contribution in [1.29, 1.82) is 0 Å².